The minimum atomic E-state index is -0.219. The predicted molar refractivity (Wildman–Crippen MR) is 142 cm³/mol. The number of urea groups is 1. The number of carbonyl (C=O) groups is 1. The van der Waals surface area contributed by atoms with Crippen molar-refractivity contribution in [2.24, 2.45) is 5.92 Å². The van der Waals surface area contributed by atoms with Crippen molar-refractivity contribution >= 4 is 40.7 Å². The summed E-state index contributed by atoms with van der Waals surface area (Å²) >= 11 is 0. The van der Waals surface area contributed by atoms with Crippen LogP contribution in [0.15, 0.2) is 42.6 Å². The number of anilines is 2. The summed E-state index contributed by atoms with van der Waals surface area (Å²) in [7, 11) is 1.69. The van der Waals surface area contributed by atoms with Gasteiger partial charge in [-0.25, -0.2) is 9.18 Å². The number of piperidine rings is 2. The summed E-state index contributed by atoms with van der Waals surface area (Å²) in [6.45, 7) is 5.64. The maximum absolute atomic E-state index is 13.8. The molecule has 2 amide bonds. The van der Waals surface area contributed by atoms with Crippen LogP contribution in [0.3, 0.4) is 0 Å². The summed E-state index contributed by atoms with van der Waals surface area (Å²) in [4.78, 5) is 20.5. The molecule has 0 spiro atoms. The fourth-order valence-corrected chi connectivity index (χ4v) is 5.31. The molecule has 0 unspecified atom stereocenters. The lowest BCUT2D eigenvalue weighted by molar-refractivity contribution is 0.195. The molecule has 188 valence electrons. The highest BCUT2D eigenvalue weighted by atomic mass is 35.5. The highest BCUT2D eigenvalue weighted by molar-refractivity contribution is 5.90. The Morgan fingerprint density at radius 3 is 2.51 bits per heavy atom. The van der Waals surface area contributed by atoms with E-state index in [0.717, 1.165) is 78.3 Å². The minimum absolute atomic E-state index is 0. The number of rotatable bonds is 4. The van der Waals surface area contributed by atoms with Crippen LogP contribution in [0.4, 0.5) is 20.6 Å². The van der Waals surface area contributed by atoms with E-state index >= 15 is 0 Å². The Morgan fingerprint density at radius 1 is 1.06 bits per heavy atom. The van der Waals surface area contributed by atoms with Gasteiger partial charge in [-0.2, -0.15) is 0 Å². The summed E-state index contributed by atoms with van der Waals surface area (Å²) in [5.74, 6) is 1.68. The first-order valence-corrected chi connectivity index (χ1v) is 12.3. The van der Waals surface area contributed by atoms with E-state index in [4.69, 9.17) is 4.74 Å². The fourth-order valence-electron chi connectivity index (χ4n) is 5.31. The van der Waals surface area contributed by atoms with Crippen LogP contribution in [-0.2, 0) is 0 Å². The molecule has 8 heteroatoms. The predicted octanol–water partition coefficient (Wildman–Crippen LogP) is 6.39. The molecule has 0 radical (unpaired) electrons. The highest BCUT2D eigenvalue weighted by Gasteiger charge is 2.26. The molecule has 0 aliphatic carbocycles. The van der Waals surface area contributed by atoms with Gasteiger partial charge in [0.25, 0.3) is 0 Å². The lowest BCUT2D eigenvalue weighted by atomic mass is 9.89. The number of hydrogen-bond donors (Lipinski definition) is 2. The Balaban J connectivity index is 0.00000289. The number of H-pyrrole nitrogens is 1. The van der Waals surface area contributed by atoms with Crippen molar-refractivity contribution in [3.8, 4) is 5.75 Å². The Labute approximate surface area is 212 Å². The van der Waals surface area contributed by atoms with Gasteiger partial charge in [0.05, 0.1) is 12.8 Å². The summed E-state index contributed by atoms with van der Waals surface area (Å²) in [6, 6.07) is 10.7. The number of hydrogen-bond acceptors (Lipinski definition) is 3. The molecule has 2 aliphatic rings. The molecule has 0 saturated carbocycles. The zero-order chi connectivity index (χ0) is 23.7. The summed E-state index contributed by atoms with van der Waals surface area (Å²) in [5, 5.41) is 4.03. The Morgan fingerprint density at radius 2 is 1.80 bits per heavy atom. The molecule has 2 fully saturated rings. The molecular formula is C27H34ClFN4O2. The van der Waals surface area contributed by atoms with E-state index in [1.165, 1.54) is 6.07 Å². The maximum atomic E-state index is 13.8. The third kappa shape index (κ3) is 5.35. The largest absolute Gasteiger partial charge is 0.495 e. The number of aromatic nitrogens is 1. The first kappa shape index (κ1) is 25.2. The summed E-state index contributed by atoms with van der Waals surface area (Å²) < 4.78 is 19.4. The minimum Gasteiger partial charge on any atom is -0.495 e. The topological polar surface area (TPSA) is 60.6 Å². The molecule has 35 heavy (non-hydrogen) atoms. The van der Waals surface area contributed by atoms with E-state index in [1.54, 1.807) is 19.2 Å². The molecule has 2 saturated heterocycles. The van der Waals surface area contributed by atoms with Crippen LogP contribution in [0.2, 0.25) is 0 Å². The van der Waals surface area contributed by atoms with Gasteiger partial charge in [0, 0.05) is 49.0 Å². The first-order valence-electron chi connectivity index (χ1n) is 12.3. The van der Waals surface area contributed by atoms with Crippen molar-refractivity contribution in [2.75, 3.05) is 43.5 Å². The van der Waals surface area contributed by atoms with Crippen LogP contribution >= 0.6 is 12.4 Å². The summed E-state index contributed by atoms with van der Waals surface area (Å²) in [6.07, 6.45) is 6.04. The van der Waals surface area contributed by atoms with Gasteiger partial charge in [0.15, 0.2) is 0 Å². The molecule has 2 aromatic carbocycles. The molecule has 0 atom stereocenters. The third-order valence-corrected chi connectivity index (χ3v) is 7.45. The molecule has 3 heterocycles. The molecule has 3 aromatic rings. The number of nitrogens with zero attached hydrogens (tertiary/aromatic N) is 2. The highest BCUT2D eigenvalue weighted by Crippen LogP contribution is 2.35. The van der Waals surface area contributed by atoms with E-state index in [9.17, 15) is 9.18 Å². The van der Waals surface area contributed by atoms with E-state index in [1.807, 2.05) is 29.3 Å². The van der Waals surface area contributed by atoms with Crippen LogP contribution in [0, 0.1) is 11.7 Å². The van der Waals surface area contributed by atoms with Crippen molar-refractivity contribution in [3.05, 3.63) is 54.0 Å². The number of fused-ring (bicyclic) bond motifs is 1. The van der Waals surface area contributed by atoms with Gasteiger partial charge < -0.3 is 24.8 Å². The van der Waals surface area contributed by atoms with Crippen LogP contribution < -0.4 is 15.0 Å². The van der Waals surface area contributed by atoms with Crippen LogP contribution in [0.5, 0.6) is 5.75 Å². The average Bonchev–Trinajstić information content (AvgIpc) is 3.27. The maximum Gasteiger partial charge on any atom is 0.321 e. The zero-order valence-electron chi connectivity index (χ0n) is 20.4. The number of halogens is 2. The lowest BCUT2D eigenvalue weighted by Gasteiger charge is -2.34. The Hall–Kier alpha value is -2.93. The van der Waals surface area contributed by atoms with E-state index in [2.05, 4.69) is 22.1 Å². The molecule has 0 bridgehead atoms. The van der Waals surface area contributed by atoms with Gasteiger partial charge in [-0.15, -0.1) is 12.4 Å². The molecule has 2 N–H and O–H groups in total. The van der Waals surface area contributed by atoms with Gasteiger partial charge in [-0.3, -0.25) is 0 Å². The zero-order valence-corrected chi connectivity index (χ0v) is 21.2. The second kappa shape index (κ2) is 10.8. The Bertz CT molecular complexity index is 1170. The van der Waals surface area contributed by atoms with Crippen molar-refractivity contribution < 1.29 is 13.9 Å². The smallest absolute Gasteiger partial charge is 0.321 e. The van der Waals surface area contributed by atoms with Crippen LogP contribution in [0.25, 0.3) is 10.9 Å². The number of carbonyl (C=O) groups excluding carboxylic acids is 1. The number of benzene rings is 2. The van der Waals surface area contributed by atoms with Crippen LogP contribution in [0.1, 0.15) is 44.1 Å². The molecule has 2 aliphatic heterocycles. The quantitative estimate of drug-likeness (QED) is 0.436. The van der Waals surface area contributed by atoms with Gasteiger partial charge in [-0.05, 0) is 79.5 Å². The van der Waals surface area contributed by atoms with E-state index < -0.39 is 0 Å². The van der Waals surface area contributed by atoms with E-state index in [0.29, 0.717) is 19.0 Å². The fraction of sp³-hybridized carbons (Fsp3) is 0.444. The molecular weight excluding hydrogens is 467 g/mol. The molecule has 6 nitrogen and oxygen atoms in total. The average molecular weight is 501 g/mol. The second-order valence-corrected chi connectivity index (χ2v) is 9.68. The normalized spacial score (nSPS) is 17.3. The number of nitrogens with one attached hydrogen (secondary N) is 2. The SMILES string of the molecule is COc1ccc(NC(=O)N2CCC(c3c[nH]c4ccc(F)cc34)CC2)cc1N1CCC(C)CC1.Cl. The first-order chi connectivity index (χ1) is 16.5. The van der Waals surface area contributed by atoms with Gasteiger partial charge in [0.1, 0.15) is 11.6 Å². The molecule has 1 aromatic heterocycles. The van der Waals surface area contributed by atoms with Crippen molar-refractivity contribution in [1.29, 1.82) is 0 Å². The van der Waals surface area contributed by atoms with Crippen molar-refractivity contribution in [2.45, 2.75) is 38.5 Å². The third-order valence-electron chi connectivity index (χ3n) is 7.45. The number of methoxy groups -OCH3 is 1. The van der Waals surface area contributed by atoms with Crippen LogP contribution in [-0.4, -0.2) is 49.2 Å². The van der Waals surface area contributed by atoms with E-state index in [-0.39, 0.29) is 24.3 Å². The Kier molecular flexibility index (Phi) is 7.75. The number of amides is 2. The van der Waals surface area contributed by atoms with Gasteiger partial charge in [-0.1, -0.05) is 6.92 Å². The number of aromatic amines is 1. The molecule has 5 rings (SSSR count). The van der Waals surface area contributed by atoms with Crippen molar-refractivity contribution in [1.82, 2.24) is 9.88 Å². The number of likely N-dealkylation sites (tertiary alicyclic amines) is 1. The second-order valence-electron chi connectivity index (χ2n) is 9.68. The van der Waals surface area contributed by atoms with Crippen molar-refractivity contribution in [3.63, 3.8) is 0 Å². The monoisotopic (exact) mass is 500 g/mol. The standard InChI is InChI=1S/C27H33FN4O2.ClH/c1-18-7-11-31(12-8-18)25-16-21(4-6-26(25)34-2)30-27(33)32-13-9-19(10-14-32)23-17-29-24-5-3-20(28)15-22(23)24;/h3-6,15-19,29H,7-14H2,1-2H3,(H,30,33);1H. The van der Waals surface area contributed by atoms with Gasteiger partial charge >= 0.3 is 6.03 Å². The number of ether oxygens (including phenoxy) is 1. The van der Waals surface area contributed by atoms with Gasteiger partial charge in [0.2, 0.25) is 0 Å². The summed E-state index contributed by atoms with van der Waals surface area (Å²) in [5.41, 5.74) is 3.92. The lowest BCUT2D eigenvalue weighted by Crippen LogP contribution is -2.40.